The normalized spacial score (nSPS) is 11.1. The third-order valence-corrected chi connectivity index (χ3v) is 3.09. The van der Waals surface area contributed by atoms with Crippen LogP contribution in [0.2, 0.25) is 0 Å². The topological polar surface area (TPSA) is 43.1 Å². The summed E-state index contributed by atoms with van der Waals surface area (Å²) in [6.45, 7) is 2.21. The molecular formula is C11H15BrN4. The summed E-state index contributed by atoms with van der Waals surface area (Å²) in [5, 5.41) is 4.11. The van der Waals surface area contributed by atoms with Gasteiger partial charge in [-0.05, 0) is 22.4 Å². The number of halogens is 1. The number of hydrogen-bond donors (Lipinski definition) is 0. The van der Waals surface area contributed by atoms with Crippen LogP contribution in [0.3, 0.4) is 0 Å². The van der Waals surface area contributed by atoms with Gasteiger partial charge in [-0.3, -0.25) is 0 Å². The van der Waals surface area contributed by atoms with E-state index in [0.29, 0.717) is 0 Å². The Labute approximate surface area is 103 Å². The second-order valence-electron chi connectivity index (χ2n) is 3.84. The van der Waals surface area contributed by atoms with Gasteiger partial charge in [-0.25, -0.2) is 14.5 Å². The van der Waals surface area contributed by atoms with Crippen LogP contribution in [0, 0.1) is 0 Å². The molecule has 16 heavy (non-hydrogen) atoms. The average Bonchev–Trinajstić information content (AvgIpc) is 2.67. The Bertz CT molecular complexity index is 466. The molecule has 0 aliphatic heterocycles. The van der Waals surface area contributed by atoms with Crippen LogP contribution in [0.15, 0.2) is 17.0 Å². The van der Waals surface area contributed by atoms with Crippen LogP contribution in [0.1, 0.15) is 38.4 Å². The Morgan fingerprint density at radius 3 is 3.00 bits per heavy atom. The quantitative estimate of drug-likeness (QED) is 0.792. The number of unbranched alkanes of at least 4 members (excludes halogenated alkanes) is 3. The van der Waals surface area contributed by atoms with Gasteiger partial charge in [0.15, 0.2) is 5.65 Å². The third kappa shape index (κ3) is 2.58. The first kappa shape index (κ1) is 11.5. The van der Waals surface area contributed by atoms with Crippen molar-refractivity contribution in [2.24, 2.45) is 0 Å². The molecular weight excluding hydrogens is 268 g/mol. The maximum absolute atomic E-state index is 4.47. The van der Waals surface area contributed by atoms with E-state index in [4.69, 9.17) is 0 Å². The summed E-state index contributed by atoms with van der Waals surface area (Å²) in [7, 11) is 0. The standard InChI is InChI=1S/C11H15BrN4/c1-2-3-4-5-6-10-13-8-16-11(15-10)9(12)7-14-16/h7-8H,2-6H2,1H3. The molecule has 86 valence electrons. The van der Waals surface area contributed by atoms with Crippen molar-refractivity contribution in [3.05, 3.63) is 22.8 Å². The monoisotopic (exact) mass is 282 g/mol. The van der Waals surface area contributed by atoms with Crippen molar-refractivity contribution in [3.8, 4) is 0 Å². The van der Waals surface area contributed by atoms with Gasteiger partial charge in [-0.2, -0.15) is 5.10 Å². The van der Waals surface area contributed by atoms with E-state index in [1.807, 2.05) is 0 Å². The molecule has 0 saturated carbocycles. The lowest BCUT2D eigenvalue weighted by atomic mass is 10.1. The predicted molar refractivity (Wildman–Crippen MR) is 66.3 cm³/mol. The Kier molecular flexibility index (Phi) is 3.88. The van der Waals surface area contributed by atoms with Gasteiger partial charge in [0.05, 0.1) is 10.7 Å². The summed E-state index contributed by atoms with van der Waals surface area (Å²) in [6, 6.07) is 0. The van der Waals surface area contributed by atoms with E-state index in [2.05, 4.69) is 37.9 Å². The van der Waals surface area contributed by atoms with Gasteiger partial charge in [0.1, 0.15) is 12.2 Å². The molecule has 0 saturated heterocycles. The lowest BCUT2D eigenvalue weighted by Crippen LogP contribution is -2.00. The van der Waals surface area contributed by atoms with Crippen molar-refractivity contribution in [1.82, 2.24) is 19.6 Å². The van der Waals surface area contributed by atoms with Gasteiger partial charge < -0.3 is 0 Å². The molecule has 5 heteroatoms. The van der Waals surface area contributed by atoms with Crippen molar-refractivity contribution in [2.75, 3.05) is 0 Å². The molecule has 0 radical (unpaired) electrons. The summed E-state index contributed by atoms with van der Waals surface area (Å²) in [5.41, 5.74) is 0.848. The summed E-state index contributed by atoms with van der Waals surface area (Å²) in [4.78, 5) is 8.76. The van der Waals surface area contributed by atoms with Crippen LogP contribution >= 0.6 is 15.9 Å². The van der Waals surface area contributed by atoms with Crippen molar-refractivity contribution >= 4 is 21.6 Å². The molecule has 2 rings (SSSR count). The lowest BCUT2D eigenvalue weighted by Gasteiger charge is -2.00. The van der Waals surface area contributed by atoms with Crippen LogP contribution in [-0.2, 0) is 6.42 Å². The smallest absolute Gasteiger partial charge is 0.173 e. The van der Waals surface area contributed by atoms with E-state index in [1.54, 1.807) is 17.0 Å². The molecule has 2 aromatic heterocycles. The van der Waals surface area contributed by atoms with Crippen LogP contribution in [0.25, 0.3) is 5.65 Å². The van der Waals surface area contributed by atoms with Gasteiger partial charge in [-0.1, -0.05) is 26.2 Å². The maximum atomic E-state index is 4.47. The summed E-state index contributed by atoms with van der Waals surface area (Å²) >= 11 is 3.42. The number of nitrogens with zero attached hydrogens (tertiary/aromatic N) is 4. The number of aromatic nitrogens is 4. The molecule has 0 fully saturated rings. The second kappa shape index (κ2) is 5.39. The molecule has 0 aliphatic carbocycles. The Hall–Kier alpha value is -0.970. The van der Waals surface area contributed by atoms with Gasteiger partial charge >= 0.3 is 0 Å². The minimum atomic E-state index is 0.848. The summed E-state index contributed by atoms with van der Waals surface area (Å²) < 4.78 is 2.60. The number of hydrogen-bond acceptors (Lipinski definition) is 3. The minimum Gasteiger partial charge on any atom is -0.221 e. The number of aryl methyl sites for hydroxylation is 1. The zero-order chi connectivity index (χ0) is 11.4. The fourth-order valence-electron chi connectivity index (χ4n) is 1.63. The molecule has 2 heterocycles. The second-order valence-corrected chi connectivity index (χ2v) is 4.70. The van der Waals surface area contributed by atoms with Crippen molar-refractivity contribution in [1.29, 1.82) is 0 Å². The summed E-state index contributed by atoms with van der Waals surface area (Å²) in [6.07, 6.45) is 9.38. The lowest BCUT2D eigenvalue weighted by molar-refractivity contribution is 0.649. The highest BCUT2D eigenvalue weighted by Gasteiger charge is 2.04. The van der Waals surface area contributed by atoms with E-state index < -0.39 is 0 Å². The zero-order valence-corrected chi connectivity index (χ0v) is 10.9. The van der Waals surface area contributed by atoms with E-state index >= 15 is 0 Å². The Morgan fingerprint density at radius 1 is 1.31 bits per heavy atom. The van der Waals surface area contributed by atoms with Gasteiger partial charge in [0.25, 0.3) is 0 Å². The van der Waals surface area contributed by atoms with Crippen molar-refractivity contribution in [3.63, 3.8) is 0 Å². The van der Waals surface area contributed by atoms with Crippen LogP contribution in [0.4, 0.5) is 0 Å². The van der Waals surface area contributed by atoms with Gasteiger partial charge in [-0.15, -0.1) is 0 Å². The van der Waals surface area contributed by atoms with Gasteiger partial charge in [0, 0.05) is 6.42 Å². The van der Waals surface area contributed by atoms with E-state index in [-0.39, 0.29) is 0 Å². The third-order valence-electron chi connectivity index (χ3n) is 2.53. The first-order chi connectivity index (χ1) is 7.81. The highest BCUT2D eigenvalue weighted by Crippen LogP contribution is 2.14. The molecule has 0 aliphatic rings. The number of rotatable bonds is 5. The fourth-order valence-corrected chi connectivity index (χ4v) is 1.99. The first-order valence-electron chi connectivity index (χ1n) is 5.66. The Morgan fingerprint density at radius 2 is 2.19 bits per heavy atom. The SMILES string of the molecule is CCCCCCc1ncn2ncc(Br)c2n1. The highest BCUT2D eigenvalue weighted by atomic mass is 79.9. The molecule has 0 amide bonds. The molecule has 0 spiro atoms. The molecule has 4 nitrogen and oxygen atoms in total. The molecule has 0 atom stereocenters. The molecule has 0 aromatic carbocycles. The van der Waals surface area contributed by atoms with E-state index in [1.165, 1.54) is 19.3 Å². The van der Waals surface area contributed by atoms with Crippen LogP contribution in [-0.4, -0.2) is 19.6 Å². The highest BCUT2D eigenvalue weighted by molar-refractivity contribution is 9.10. The fraction of sp³-hybridized carbons (Fsp3) is 0.545. The van der Waals surface area contributed by atoms with Gasteiger partial charge in [0.2, 0.25) is 0 Å². The first-order valence-corrected chi connectivity index (χ1v) is 6.45. The average molecular weight is 283 g/mol. The largest absolute Gasteiger partial charge is 0.221 e. The predicted octanol–water partition coefficient (Wildman–Crippen LogP) is 3.01. The van der Waals surface area contributed by atoms with Crippen molar-refractivity contribution in [2.45, 2.75) is 39.0 Å². The van der Waals surface area contributed by atoms with Crippen LogP contribution < -0.4 is 0 Å². The molecule has 0 N–H and O–H groups in total. The van der Waals surface area contributed by atoms with Crippen molar-refractivity contribution < 1.29 is 0 Å². The molecule has 0 unspecified atom stereocenters. The Balaban J connectivity index is 2.04. The maximum Gasteiger partial charge on any atom is 0.173 e. The summed E-state index contributed by atoms with van der Waals surface area (Å²) in [5.74, 6) is 0.907. The van der Waals surface area contributed by atoms with E-state index in [9.17, 15) is 0 Å². The zero-order valence-electron chi connectivity index (χ0n) is 9.36. The molecule has 2 aromatic rings. The van der Waals surface area contributed by atoms with Crippen LogP contribution in [0.5, 0.6) is 0 Å². The molecule has 0 bridgehead atoms. The van der Waals surface area contributed by atoms with E-state index in [0.717, 1.165) is 28.8 Å². The minimum absolute atomic E-state index is 0.848. The number of fused-ring (bicyclic) bond motifs is 1.